The fraction of sp³-hybridized carbons (Fsp3) is 0.444. The summed E-state index contributed by atoms with van der Waals surface area (Å²) in [5, 5.41) is 22.4. The van der Waals surface area contributed by atoms with Crippen molar-refractivity contribution in [2.24, 2.45) is 0 Å². The van der Waals surface area contributed by atoms with Crippen LogP contribution in [0.2, 0.25) is 0 Å². The topological polar surface area (TPSA) is 181 Å². The average molecular weight is 312 g/mol. The number of carboxylic acids is 2. The van der Waals surface area contributed by atoms with Crippen LogP contribution in [0.25, 0.3) is 0 Å². The summed E-state index contributed by atoms with van der Waals surface area (Å²) >= 11 is 0. The smallest absolute Gasteiger partial charge is 0.466 e. The highest BCUT2D eigenvalue weighted by Gasteiger charge is 2.00. The zero-order valence-corrected chi connectivity index (χ0v) is 11.7. The van der Waals surface area contributed by atoms with Crippen LogP contribution in [0.5, 0.6) is 0 Å². The Kier molecular flexibility index (Phi) is 10.4. The van der Waals surface area contributed by atoms with Gasteiger partial charge in [0.1, 0.15) is 0 Å². The number of nitrogens with zero attached hydrogens (tertiary/aromatic N) is 1. The minimum absolute atomic E-state index is 0.296. The lowest BCUT2D eigenvalue weighted by Crippen LogP contribution is -2.00. The van der Waals surface area contributed by atoms with E-state index in [2.05, 4.69) is 10.2 Å². The molecule has 0 fully saturated rings. The predicted octanol–water partition coefficient (Wildman–Crippen LogP) is 0.0337. The monoisotopic (exact) mass is 312 g/mol. The van der Waals surface area contributed by atoms with Crippen LogP contribution in [-0.4, -0.2) is 47.0 Å². The van der Waals surface area contributed by atoms with Crippen molar-refractivity contribution in [3.63, 3.8) is 0 Å². The molecule has 0 saturated heterocycles. The van der Waals surface area contributed by atoms with E-state index in [0.717, 1.165) is 5.69 Å². The number of nitrogens with one attached hydrogen (secondary N) is 1. The molecule has 0 atom stereocenters. The van der Waals surface area contributed by atoms with Gasteiger partial charge in [0.05, 0.1) is 19.0 Å². The Hall–Kier alpha value is -1.74. The van der Waals surface area contributed by atoms with E-state index in [4.69, 9.17) is 29.5 Å². The van der Waals surface area contributed by atoms with E-state index in [-0.39, 0.29) is 12.8 Å². The molecule has 20 heavy (non-hydrogen) atoms. The molecule has 11 heteroatoms. The standard InChI is InChI=1S/C5H8N2.C4H6O4.H3O4P/c1-4-3-6-7-5(4)2;5-3(6)1-2-4(7)8;1-5(2,3)4/h3H,1-2H3,(H,6,7);1-2H2,(H,5,6)(H,7,8);(H3,1,2,3,4). The highest BCUT2D eigenvalue weighted by molar-refractivity contribution is 7.45. The molecule has 0 aliphatic carbocycles. The van der Waals surface area contributed by atoms with Gasteiger partial charge in [-0.05, 0) is 19.4 Å². The average Bonchev–Trinajstić information content (AvgIpc) is 2.59. The summed E-state index contributed by atoms with van der Waals surface area (Å²) in [5.41, 5.74) is 2.38. The zero-order valence-electron chi connectivity index (χ0n) is 10.8. The molecule has 0 radical (unpaired) electrons. The van der Waals surface area contributed by atoms with Crippen LogP contribution in [-0.2, 0) is 14.2 Å². The van der Waals surface area contributed by atoms with Crippen molar-refractivity contribution in [3.8, 4) is 0 Å². The van der Waals surface area contributed by atoms with Crippen molar-refractivity contribution in [3.05, 3.63) is 17.5 Å². The zero-order chi connectivity index (χ0) is 16.3. The molecular weight excluding hydrogens is 295 g/mol. The van der Waals surface area contributed by atoms with Crippen LogP contribution in [0.15, 0.2) is 6.20 Å². The van der Waals surface area contributed by atoms with Gasteiger partial charge in [-0.25, -0.2) is 4.57 Å². The molecule has 1 heterocycles. The number of phosphoric acid groups is 1. The van der Waals surface area contributed by atoms with Crippen molar-refractivity contribution in [2.45, 2.75) is 26.7 Å². The number of H-pyrrole nitrogens is 1. The van der Waals surface area contributed by atoms with Gasteiger partial charge in [-0.3, -0.25) is 14.7 Å². The lowest BCUT2D eigenvalue weighted by molar-refractivity contribution is -0.143. The summed E-state index contributed by atoms with van der Waals surface area (Å²) in [4.78, 5) is 40.8. The van der Waals surface area contributed by atoms with Crippen LogP contribution < -0.4 is 0 Å². The van der Waals surface area contributed by atoms with E-state index in [1.165, 1.54) is 5.56 Å². The molecule has 0 bridgehead atoms. The highest BCUT2D eigenvalue weighted by atomic mass is 31.2. The molecule has 0 saturated carbocycles. The summed E-state index contributed by atoms with van der Waals surface area (Å²) in [5.74, 6) is -2.15. The maximum Gasteiger partial charge on any atom is 0.466 e. The fourth-order valence-corrected chi connectivity index (χ4v) is 0.625. The van der Waals surface area contributed by atoms with Gasteiger partial charge < -0.3 is 24.9 Å². The first-order valence-corrected chi connectivity index (χ1v) is 6.68. The lowest BCUT2D eigenvalue weighted by atomic mass is 10.3. The van der Waals surface area contributed by atoms with Crippen LogP contribution in [0.1, 0.15) is 24.1 Å². The van der Waals surface area contributed by atoms with Gasteiger partial charge in [-0.15, -0.1) is 0 Å². The lowest BCUT2D eigenvalue weighted by Gasteiger charge is -1.85. The molecule has 0 spiro atoms. The maximum absolute atomic E-state index is 9.64. The predicted molar refractivity (Wildman–Crippen MR) is 66.8 cm³/mol. The SMILES string of the molecule is Cc1cn[nH]c1C.O=C(O)CCC(=O)O.O=P(O)(O)O. The van der Waals surface area contributed by atoms with Gasteiger partial charge in [0, 0.05) is 5.69 Å². The van der Waals surface area contributed by atoms with E-state index in [0.29, 0.717) is 0 Å². The number of rotatable bonds is 3. The van der Waals surface area contributed by atoms with E-state index in [1.54, 1.807) is 0 Å². The third kappa shape index (κ3) is 21.5. The Morgan fingerprint density at radius 3 is 1.60 bits per heavy atom. The Labute approximate surface area is 114 Å². The molecule has 1 aromatic heterocycles. The molecule has 0 aliphatic rings. The van der Waals surface area contributed by atoms with Crippen LogP contribution in [0, 0.1) is 13.8 Å². The summed E-state index contributed by atoms with van der Waals surface area (Å²) in [6.07, 6.45) is 1.22. The Balaban J connectivity index is 0. The van der Waals surface area contributed by atoms with Crippen LogP contribution in [0.4, 0.5) is 0 Å². The van der Waals surface area contributed by atoms with Gasteiger partial charge in [0.15, 0.2) is 0 Å². The number of aromatic nitrogens is 2. The first kappa shape index (κ1) is 20.6. The van der Waals surface area contributed by atoms with Gasteiger partial charge in [0.2, 0.25) is 0 Å². The number of aromatic amines is 1. The minimum Gasteiger partial charge on any atom is -0.481 e. The van der Waals surface area contributed by atoms with Crippen molar-refractivity contribution in [1.29, 1.82) is 0 Å². The number of carboxylic acid groups (broad SMARTS) is 2. The third-order valence-corrected chi connectivity index (χ3v) is 1.63. The van der Waals surface area contributed by atoms with E-state index >= 15 is 0 Å². The molecule has 116 valence electrons. The van der Waals surface area contributed by atoms with Crippen molar-refractivity contribution in [1.82, 2.24) is 10.2 Å². The Bertz CT molecular complexity index is 428. The van der Waals surface area contributed by atoms with Gasteiger partial charge >= 0.3 is 19.8 Å². The quantitative estimate of drug-likeness (QED) is 0.419. The highest BCUT2D eigenvalue weighted by Crippen LogP contribution is 2.25. The van der Waals surface area contributed by atoms with E-state index in [1.807, 2.05) is 20.0 Å². The van der Waals surface area contributed by atoms with E-state index < -0.39 is 19.8 Å². The number of hydrogen-bond acceptors (Lipinski definition) is 4. The normalized spacial score (nSPS) is 9.65. The summed E-state index contributed by atoms with van der Waals surface area (Å²) in [6, 6.07) is 0. The second-order valence-electron chi connectivity index (χ2n) is 3.48. The van der Waals surface area contributed by atoms with Crippen molar-refractivity contribution >= 4 is 19.8 Å². The van der Waals surface area contributed by atoms with Crippen molar-refractivity contribution < 1.29 is 39.0 Å². The second kappa shape index (κ2) is 10.1. The Morgan fingerprint density at radius 1 is 1.15 bits per heavy atom. The third-order valence-electron chi connectivity index (χ3n) is 1.63. The summed E-state index contributed by atoms with van der Waals surface area (Å²) in [7, 11) is -4.64. The molecule has 1 rings (SSSR count). The first-order valence-electron chi connectivity index (χ1n) is 5.12. The molecule has 6 N–H and O–H groups in total. The Morgan fingerprint density at radius 2 is 1.50 bits per heavy atom. The van der Waals surface area contributed by atoms with Crippen molar-refractivity contribution in [2.75, 3.05) is 0 Å². The maximum atomic E-state index is 9.64. The number of aliphatic carboxylic acids is 2. The molecule has 10 nitrogen and oxygen atoms in total. The molecule has 0 aliphatic heterocycles. The molecule has 0 unspecified atom stereocenters. The molecule has 0 amide bonds. The van der Waals surface area contributed by atoms with Gasteiger partial charge in [0.25, 0.3) is 0 Å². The fourth-order valence-electron chi connectivity index (χ4n) is 0.625. The molecule has 1 aromatic rings. The molecular formula is C9H17N2O8P. The number of aryl methyl sites for hydroxylation is 2. The van der Waals surface area contributed by atoms with Gasteiger partial charge in [-0.2, -0.15) is 5.10 Å². The molecule has 0 aromatic carbocycles. The van der Waals surface area contributed by atoms with Crippen LogP contribution >= 0.6 is 7.82 Å². The summed E-state index contributed by atoms with van der Waals surface area (Å²) in [6.45, 7) is 4.03. The second-order valence-corrected chi connectivity index (χ2v) is 4.51. The number of hydrogen-bond donors (Lipinski definition) is 6. The number of carbonyl (C=O) groups is 2. The minimum atomic E-state index is -4.64. The van der Waals surface area contributed by atoms with Crippen LogP contribution in [0.3, 0.4) is 0 Å². The van der Waals surface area contributed by atoms with Gasteiger partial charge in [-0.1, -0.05) is 0 Å². The summed E-state index contributed by atoms with van der Waals surface area (Å²) < 4.78 is 8.88. The first-order chi connectivity index (χ1) is 8.93. The largest absolute Gasteiger partial charge is 0.481 e. The van der Waals surface area contributed by atoms with E-state index in [9.17, 15) is 9.59 Å².